The van der Waals surface area contributed by atoms with Crippen LogP contribution >= 0.6 is 0 Å². The molecule has 102 valence electrons. The summed E-state index contributed by atoms with van der Waals surface area (Å²) in [5, 5.41) is 0. The maximum Gasteiger partial charge on any atom is 0.253 e. The van der Waals surface area contributed by atoms with Crippen molar-refractivity contribution in [3.63, 3.8) is 0 Å². The zero-order chi connectivity index (χ0) is 13.4. The topological polar surface area (TPSA) is 29.5 Å². The lowest BCUT2D eigenvalue weighted by atomic mass is 9.91. The molecule has 19 heavy (non-hydrogen) atoms. The molecular formula is C16H21NO2. The van der Waals surface area contributed by atoms with Crippen LogP contribution in [0.4, 0.5) is 0 Å². The Labute approximate surface area is 114 Å². The van der Waals surface area contributed by atoms with Gasteiger partial charge in [0.15, 0.2) is 0 Å². The van der Waals surface area contributed by atoms with Crippen LogP contribution in [0.1, 0.15) is 35.7 Å². The molecule has 0 saturated carbocycles. The fourth-order valence-corrected chi connectivity index (χ4v) is 3.23. The van der Waals surface area contributed by atoms with Crippen LogP contribution in [0, 0.1) is 12.8 Å². The molecule has 1 aromatic rings. The van der Waals surface area contributed by atoms with Crippen LogP contribution < -0.4 is 0 Å². The van der Waals surface area contributed by atoms with Gasteiger partial charge in [0.25, 0.3) is 5.91 Å². The molecule has 3 heteroatoms. The summed E-state index contributed by atoms with van der Waals surface area (Å²) in [4.78, 5) is 14.4. The molecule has 1 aromatic carbocycles. The Morgan fingerprint density at radius 2 is 2.05 bits per heavy atom. The second-order valence-corrected chi connectivity index (χ2v) is 5.89. The SMILES string of the molecule is Cc1ccc(C(=O)N2CC[C@@H]3C[C@@H](C)O[C@H]3C2)cc1. The van der Waals surface area contributed by atoms with Crippen molar-refractivity contribution in [2.24, 2.45) is 5.92 Å². The Morgan fingerprint density at radius 3 is 2.79 bits per heavy atom. The minimum atomic E-state index is 0.140. The van der Waals surface area contributed by atoms with Crippen LogP contribution in [-0.2, 0) is 4.74 Å². The van der Waals surface area contributed by atoms with Gasteiger partial charge in [0.2, 0.25) is 0 Å². The minimum Gasteiger partial charge on any atom is -0.373 e. The minimum absolute atomic E-state index is 0.140. The molecule has 0 N–H and O–H groups in total. The first kappa shape index (κ1) is 12.7. The second kappa shape index (κ2) is 4.97. The van der Waals surface area contributed by atoms with Crippen molar-refractivity contribution in [3.8, 4) is 0 Å². The maximum absolute atomic E-state index is 12.5. The van der Waals surface area contributed by atoms with E-state index >= 15 is 0 Å². The van der Waals surface area contributed by atoms with Gasteiger partial charge in [0.05, 0.1) is 12.2 Å². The molecule has 2 aliphatic heterocycles. The first-order valence-corrected chi connectivity index (χ1v) is 7.15. The number of likely N-dealkylation sites (tertiary alicyclic amines) is 1. The number of rotatable bonds is 1. The summed E-state index contributed by atoms with van der Waals surface area (Å²) < 4.78 is 5.91. The molecule has 0 radical (unpaired) electrons. The summed E-state index contributed by atoms with van der Waals surface area (Å²) in [6, 6.07) is 7.83. The highest BCUT2D eigenvalue weighted by atomic mass is 16.5. The van der Waals surface area contributed by atoms with Gasteiger partial charge in [-0.05, 0) is 44.7 Å². The van der Waals surface area contributed by atoms with Gasteiger partial charge in [0.1, 0.15) is 0 Å². The molecule has 1 amide bonds. The van der Waals surface area contributed by atoms with Crippen LogP contribution in [0.15, 0.2) is 24.3 Å². The number of benzene rings is 1. The number of ether oxygens (including phenoxy) is 1. The number of amides is 1. The monoisotopic (exact) mass is 259 g/mol. The fourth-order valence-electron chi connectivity index (χ4n) is 3.23. The average Bonchev–Trinajstić information content (AvgIpc) is 2.77. The van der Waals surface area contributed by atoms with E-state index in [4.69, 9.17) is 4.74 Å². The number of hydrogen-bond acceptors (Lipinski definition) is 2. The van der Waals surface area contributed by atoms with E-state index in [-0.39, 0.29) is 12.0 Å². The van der Waals surface area contributed by atoms with Gasteiger partial charge in [-0.25, -0.2) is 0 Å². The fraction of sp³-hybridized carbons (Fsp3) is 0.562. The van der Waals surface area contributed by atoms with Crippen molar-refractivity contribution in [2.45, 2.75) is 38.9 Å². The summed E-state index contributed by atoms with van der Waals surface area (Å²) in [5.74, 6) is 0.790. The average molecular weight is 259 g/mol. The molecule has 2 saturated heterocycles. The number of piperidine rings is 1. The Morgan fingerprint density at radius 1 is 1.32 bits per heavy atom. The normalized spacial score (nSPS) is 30.2. The molecular weight excluding hydrogens is 238 g/mol. The lowest BCUT2D eigenvalue weighted by molar-refractivity contribution is 0.00157. The van der Waals surface area contributed by atoms with Crippen molar-refractivity contribution in [1.29, 1.82) is 0 Å². The number of fused-ring (bicyclic) bond motifs is 1. The van der Waals surface area contributed by atoms with E-state index < -0.39 is 0 Å². The highest BCUT2D eigenvalue weighted by Crippen LogP contribution is 2.33. The van der Waals surface area contributed by atoms with Crippen molar-refractivity contribution >= 4 is 5.91 Å². The zero-order valence-corrected chi connectivity index (χ0v) is 11.6. The molecule has 3 rings (SSSR count). The highest BCUT2D eigenvalue weighted by Gasteiger charge is 2.38. The first-order valence-electron chi connectivity index (χ1n) is 7.15. The van der Waals surface area contributed by atoms with Crippen molar-refractivity contribution in [3.05, 3.63) is 35.4 Å². The zero-order valence-electron chi connectivity index (χ0n) is 11.6. The van der Waals surface area contributed by atoms with Crippen LogP contribution in [0.3, 0.4) is 0 Å². The molecule has 0 unspecified atom stereocenters. The third-order valence-corrected chi connectivity index (χ3v) is 4.32. The second-order valence-electron chi connectivity index (χ2n) is 5.89. The van der Waals surface area contributed by atoms with E-state index in [2.05, 4.69) is 6.92 Å². The maximum atomic E-state index is 12.5. The van der Waals surface area contributed by atoms with Crippen LogP contribution in [-0.4, -0.2) is 36.1 Å². The molecule has 2 heterocycles. The van der Waals surface area contributed by atoms with Crippen molar-refractivity contribution in [2.75, 3.05) is 13.1 Å². The van der Waals surface area contributed by atoms with E-state index in [1.54, 1.807) is 0 Å². The van der Waals surface area contributed by atoms with Gasteiger partial charge in [-0.1, -0.05) is 17.7 Å². The van der Waals surface area contributed by atoms with Gasteiger partial charge in [0, 0.05) is 18.7 Å². The summed E-state index contributed by atoms with van der Waals surface area (Å²) >= 11 is 0. The number of aryl methyl sites for hydroxylation is 1. The lowest BCUT2D eigenvalue weighted by Crippen LogP contribution is -2.45. The Kier molecular flexibility index (Phi) is 3.31. The van der Waals surface area contributed by atoms with Crippen molar-refractivity contribution < 1.29 is 9.53 Å². The van der Waals surface area contributed by atoms with Gasteiger partial charge < -0.3 is 9.64 Å². The summed E-state index contributed by atoms with van der Waals surface area (Å²) in [5.41, 5.74) is 1.97. The predicted molar refractivity (Wildman–Crippen MR) is 74.1 cm³/mol. The van der Waals surface area contributed by atoms with E-state index in [0.717, 1.165) is 31.5 Å². The molecule has 2 aliphatic rings. The molecule has 0 aliphatic carbocycles. The van der Waals surface area contributed by atoms with Crippen molar-refractivity contribution in [1.82, 2.24) is 4.90 Å². The molecule has 3 atom stereocenters. The number of carbonyl (C=O) groups excluding carboxylic acids is 1. The molecule has 0 aromatic heterocycles. The lowest BCUT2D eigenvalue weighted by Gasteiger charge is -2.34. The van der Waals surface area contributed by atoms with Crippen LogP contribution in [0.25, 0.3) is 0 Å². The number of hydrogen-bond donors (Lipinski definition) is 0. The van der Waals surface area contributed by atoms with E-state index in [9.17, 15) is 4.79 Å². The molecule has 3 nitrogen and oxygen atoms in total. The Hall–Kier alpha value is -1.35. The molecule has 2 fully saturated rings. The predicted octanol–water partition coefficient (Wildman–Crippen LogP) is 2.63. The highest BCUT2D eigenvalue weighted by molar-refractivity contribution is 5.94. The van der Waals surface area contributed by atoms with Crippen LogP contribution in [0.2, 0.25) is 0 Å². The number of nitrogens with zero attached hydrogens (tertiary/aromatic N) is 1. The Balaban J connectivity index is 1.70. The molecule has 0 bridgehead atoms. The largest absolute Gasteiger partial charge is 0.373 e. The number of carbonyl (C=O) groups is 1. The van der Waals surface area contributed by atoms with Crippen LogP contribution in [0.5, 0.6) is 0 Å². The van der Waals surface area contributed by atoms with E-state index in [0.29, 0.717) is 12.0 Å². The summed E-state index contributed by atoms with van der Waals surface area (Å²) in [7, 11) is 0. The summed E-state index contributed by atoms with van der Waals surface area (Å²) in [6.45, 7) is 5.78. The van der Waals surface area contributed by atoms with E-state index in [1.807, 2.05) is 36.1 Å². The van der Waals surface area contributed by atoms with Gasteiger partial charge >= 0.3 is 0 Å². The quantitative estimate of drug-likeness (QED) is 0.776. The molecule has 0 spiro atoms. The van der Waals surface area contributed by atoms with E-state index in [1.165, 1.54) is 5.56 Å². The smallest absolute Gasteiger partial charge is 0.253 e. The van der Waals surface area contributed by atoms with Gasteiger partial charge in [-0.3, -0.25) is 4.79 Å². The standard InChI is InChI=1S/C16H21NO2/c1-11-3-5-13(6-4-11)16(18)17-8-7-14-9-12(2)19-15(14)10-17/h3-6,12,14-15H,7-10H2,1-2H3/t12-,14-,15+/m1/s1. The summed E-state index contributed by atoms with van der Waals surface area (Å²) in [6.07, 6.45) is 2.83. The Bertz CT molecular complexity index is 468. The third-order valence-electron chi connectivity index (χ3n) is 4.32. The van der Waals surface area contributed by atoms with Gasteiger partial charge in [-0.2, -0.15) is 0 Å². The van der Waals surface area contributed by atoms with Gasteiger partial charge in [-0.15, -0.1) is 0 Å². The third kappa shape index (κ3) is 2.52. The first-order chi connectivity index (χ1) is 9.13.